The highest BCUT2D eigenvalue weighted by molar-refractivity contribution is 7.18. The number of nitrogens with one attached hydrogen (secondary N) is 1. The van der Waals surface area contributed by atoms with Gasteiger partial charge in [-0.3, -0.25) is 4.79 Å². The predicted molar refractivity (Wildman–Crippen MR) is 85.8 cm³/mol. The molecule has 0 aromatic carbocycles. The van der Waals surface area contributed by atoms with Crippen molar-refractivity contribution in [3.05, 3.63) is 4.88 Å². The molecular formula is C14H24N4O2S. The van der Waals surface area contributed by atoms with E-state index in [9.17, 15) is 4.79 Å². The molecule has 118 valence electrons. The molecule has 1 aliphatic rings. The van der Waals surface area contributed by atoms with E-state index in [2.05, 4.69) is 10.3 Å². The summed E-state index contributed by atoms with van der Waals surface area (Å²) in [7, 11) is 0. The van der Waals surface area contributed by atoms with Gasteiger partial charge in [-0.15, -0.1) is 0 Å². The normalized spacial score (nSPS) is 23.2. The zero-order valence-corrected chi connectivity index (χ0v) is 14.1. The van der Waals surface area contributed by atoms with Gasteiger partial charge in [-0.25, -0.2) is 4.98 Å². The molecule has 1 amide bonds. The van der Waals surface area contributed by atoms with E-state index in [1.165, 1.54) is 11.3 Å². The lowest BCUT2D eigenvalue weighted by atomic mass is 10.1. The van der Waals surface area contributed by atoms with Gasteiger partial charge in [-0.1, -0.05) is 11.3 Å². The van der Waals surface area contributed by atoms with Crippen molar-refractivity contribution in [2.24, 2.45) is 0 Å². The molecule has 2 atom stereocenters. The summed E-state index contributed by atoms with van der Waals surface area (Å²) in [5.41, 5.74) is 5.81. The van der Waals surface area contributed by atoms with E-state index in [0.29, 0.717) is 29.0 Å². The van der Waals surface area contributed by atoms with Gasteiger partial charge in [0.2, 0.25) is 0 Å². The largest absolute Gasteiger partial charge is 0.382 e. The Hall–Kier alpha value is -1.34. The van der Waals surface area contributed by atoms with Crippen LogP contribution in [0.4, 0.5) is 10.9 Å². The fraction of sp³-hybridized carbons (Fsp3) is 0.714. The van der Waals surface area contributed by atoms with Crippen molar-refractivity contribution in [3.63, 3.8) is 0 Å². The summed E-state index contributed by atoms with van der Waals surface area (Å²) in [6, 6.07) is 0.0502. The van der Waals surface area contributed by atoms with Crippen LogP contribution in [-0.2, 0) is 4.74 Å². The number of carbonyl (C=O) groups is 1. The zero-order valence-electron chi connectivity index (χ0n) is 13.3. The highest BCUT2D eigenvalue weighted by Crippen LogP contribution is 2.29. The minimum absolute atomic E-state index is 0.0477. The Morgan fingerprint density at radius 2 is 2.14 bits per heavy atom. The van der Waals surface area contributed by atoms with Crippen LogP contribution in [0.3, 0.4) is 0 Å². The highest BCUT2D eigenvalue weighted by atomic mass is 32.1. The van der Waals surface area contributed by atoms with E-state index in [-0.39, 0.29) is 23.6 Å². The molecule has 0 spiro atoms. The topological polar surface area (TPSA) is 80.5 Å². The molecule has 1 fully saturated rings. The number of ether oxygens (including phenoxy) is 1. The molecule has 7 heteroatoms. The summed E-state index contributed by atoms with van der Waals surface area (Å²) >= 11 is 1.31. The summed E-state index contributed by atoms with van der Waals surface area (Å²) in [6.07, 6.45) is 0.0477. The summed E-state index contributed by atoms with van der Waals surface area (Å²) < 4.78 is 5.56. The van der Waals surface area contributed by atoms with Crippen molar-refractivity contribution >= 4 is 28.2 Å². The van der Waals surface area contributed by atoms with Crippen LogP contribution in [0.5, 0.6) is 0 Å². The number of carbonyl (C=O) groups excluding carboxylic acids is 1. The molecule has 21 heavy (non-hydrogen) atoms. The maximum Gasteiger partial charge on any atom is 0.268 e. The number of hydrogen-bond donors (Lipinski definition) is 2. The average molecular weight is 312 g/mol. The van der Waals surface area contributed by atoms with Gasteiger partial charge in [-0.2, -0.15) is 0 Å². The first-order chi connectivity index (χ1) is 9.67. The molecule has 1 aromatic heterocycles. The van der Waals surface area contributed by atoms with Crippen molar-refractivity contribution in [2.75, 3.05) is 24.2 Å². The van der Waals surface area contributed by atoms with Gasteiger partial charge < -0.3 is 20.7 Å². The van der Waals surface area contributed by atoms with Crippen LogP contribution in [0, 0.1) is 0 Å². The zero-order chi connectivity index (χ0) is 15.8. The highest BCUT2D eigenvalue weighted by Gasteiger charge is 2.31. The van der Waals surface area contributed by atoms with Crippen LogP contribution in [0.15, 0.2) is 0 Å². The van der Waals surface area contributed by atoms with Crippen LogP contribution in [0.25, 0.3) is 0 Å². The van der Waals surface area contributed by atoms with Gasteiger partial charge >= 0.3 is 0 Å². The summed E-state index contributed by atoms with van der Waals surface area (Å²) in [5, 5.41) is 3.93. The van der Waals surface area contributed by atoms with E-state index >= 15 is 0 Å². The lowest BCUT2D eigenvalue weighted by molar-refractivity contribution is -0.0385. The van der Waals surface area contributed by atoms with Crippen LogP contribution >= 0.6 is 11.3 Å². The number of amides is 1. The monoisotopic (exact) mass is 312 g/mol. The number of nitrogen functional groups attached to an aromatic ring is 1. The first-order valence-electron chi connectivity index (χ1n) is 7.14. The number of hydrogen-bond acceptors (Lipinski definition) is 6. The Morgan fingerprint density at radius 1 is 1.48 bits per heavy atom. The third-order valence-corrected chi connectivity index (χ3v) is 4.17. The first kappa shape index (κ1) is 16.0. The summed E-state index contributed by atoms with van der Waals surface area (Å²) in [5.74, 6) is 0.234. The standard InChI is InChI=1S/C14H24N4O2S/c1-8-7-20-9(2)6-18(8)12(19)10-11(15)16-13(21-10)17-14(3,4)5/h8-9H,6-7,15H2,1-5H3,(H,16,17). The molecule has 2 heterocycles. The van der Waals surface area contributed by atoms with E-state index in [1.807, 2.05) is 39.5 Å². The van der Waals surface area contributed by atoms with Crippen molar-refractivity contribution in [2.45, 2.75) is 52.3 Å². The van der Waals surface area contributed by atoms with Crippen LogP contribution in [-0.4, -0.2) is 46.6 Å². The smallest absolute Gasteiger partial charge is 0.268 e. The first-order valence-corrected chi connectivity index (χ1v) is 7.96. The number of anilines is 2. The number of thiazole rings is 1. The number of nitrogens with zero attached hydrogens (tertiary/aromatic N) is 2. The summed E-state index contributed by atoms with van der Waals surface area (Å²) in [6.45, 7) is 11.2. The number of rotatable bonds is 2. The van der Waals surface area contributed by atoms with E-state index < -0.39 is 0 Å². The van der Waals surface area contributed by atoms with Crippen LogP contribution in [0.2, 0.25) is 0 Å². The Bertz CT molecular complexity index is 524. The number of nitrogens with two attached hydrogens (primary N) is 1. The third kappa shape index (κ3) is 3.85. The minimum atomic E-state index is -0.120. The molecule has 1 saturated heterocycles. The third-order valence-electron chi connectivity index (χ3n) is 3.20. The van der Waals surface area contributed by atoms with Gasteiger partial charge in [0.15, 0.2) is 5.13 Å². The Balaban J connectivity index is 2.19. The molecular weight excluding hydrogens is 288 g/mol. The maximum atomic E-state index is 12.7. The van der Waals surface area contributed by atoms with Crippen molar-refractivity contribution in [3.8, 4) is 0 Å². The average Bonchev–Trinajstić information content (AvgIpc) is 2.70. The minimum Gasteiger partial charge on any atom is -0.382 e. The number of aromatic nitrogens is 1. The fourth-order valence-electron chi connectivity index (χ4n) is 2.18. The molecule has 3 N–H and O–H groups in total. The maximum absolute atomic E-state index is 12.7. The molecule has 0 saturated carbocycles. The number of morpholine rings is 1. The second kappa shape index (κ2) is 5.81. The van der Waals surface area contributed by atoms with Gasteiger partial charge in [0.05, 0.1) is 18.8 Å². The second-order valence-electron chi connectivity index (χ2n) is 6.56. The molecule has 0 aliphatic carbocycles. The van der Waals surface area contributed by atoms with Gasteiger partial charge in [-0.05, 0) is 34.6 Å². The quantitative estimate of drug-likeness (QED) is 0.875. The van der Waals surface area contributed by atoms with Gasteiger partial charge in [0.25, 0.3) is 5.91 Å². The lowest BCUT2D eigenvalue weighted by Gasteiger charge is -2.36. The van der Waals surface area contributed by atoms with Crippen molar-refractivity contribution in [1.82, 2.24) is 9.88 Å². The molecule has 0 bridgehead atoms. The molecule has 2 rings (SSSR count). The van der Waals surface area contributed by atoms with Crippen molar-refractivity contribution < 1.29 is 9.53 Å². The van der Waals surface area contributed by atoms with Crippen LogP contribution in [0.1, 0.15) is 44.3 Å². The van der Waals surface area contributed by atoms with Crippen LogP contribution < -0.4 is 11.1 Å². The van der Waals surface area contributed by atoms with E-state index in [4.69, 9.17) is 10.5 Å². The molecule has 2 unspecified atom stereocenters. The SMILES string of the molecule is CC1CN(C(=O)c2sc(NC(C)(C)C)nc2N)C(C)CO1. The molecule has 0 radical (unpaired) electrons. The van der Waals surface area contributed by atoms with Crippen molar-refractivity contribution in [1.29, 1.82) is 0 Å². The second-order valence-corrected chi connectivity index (χ2v) is 7.56. The molecule has 6 nitrogen and oxygen atoms in total. The summed E-state index contributed by atoms with van der Waals surface area (Å²) in [4.78, 5) is 19.3. The fourth-order valence-corrected chi connectivity index (χ4v) is 3.23. The molecule has 1 aromatic rings. The van der Waals surface area contributed by atoms with Gasteiger partial charge in [0, 0.05) is 12.1 Å². The Kier molecular flexibility index (Phi) is 4.43. The predicted octanol–water partition coefficient (Wildman–Crippen LogP) is 2.19. The van der Waals surface area contributed by atoms with E-state index in [1.54, 1.807) is 0 Å². The van der Waals surface area contributed by atoms with E-state index in [0.717, 1.165) is 0 Å². The lowest BCUT2D eigenvalue weighted by Crippen LogP contribution is -2.50. The molecule has 1 aliphatic heterocycles. The Morgan fingerprint density at radius 3 is 2.76 bits per heavy atom. The Labute approximate surface area is 129 Å². The van der Waals surface area contributed by atoms with Gasteiger partial charge in [0.1, 0.15) is 10.7 Å².